The van der Waals surface area contributed by atoms with Gasteiger partial charge in [-0.05, 0) is 42.7 Å². The lowest BCUT2D eigenvalue weighted by molar-refractivity contribution is -0.131. The molecule has 86 valence electrons. The Bertz CT molecular complexity index is 415. The average molecular weight is 236 g/mol. The summed E-state index contributed by atoms with van der Waals surface area (Å²) >= 11 is 1.82. The van der Waals surface area contributed by atoms with Crippen molar-refractivity contribution in [3.8, 4) is 0 Å². The van der Waals surface area contributed by atoms with Crippen molar-refractivity contribution in [2.45, 2.75) is 37.8 Å². The minimum Gasteiger partial charge on any atom is -0.334 e. The zero-order valence-electron chi connectivity index (χ0n) is 9.19. The number of carbonyl (C=O) groups is 1. The molecule has 0 radical (unpaired) electrons. The summed E-state index contributed by atoms with van der Waals surface area (Å²) in [5.74, 6) is 0.143. The summed E-state index contributed by atoms with van der Waals surface area (Å²) in [5.41, 5.74) is 7.16. The Morgan fingerprint density at radius 2 is 2.31 bits per heavy atom. The fourth-order valence-electron chi connectivity index (χ4n) is 2.82. The number of hydrogen-bond donors (Lipinski definition) is 1. The highest BCUT2D eigenvalue weighted by molar-refractivity contribution is 7.10. The first-order chi connectivity index (χ1) is 7.77. The van der Waals surface area contributed by atoms with Crippen molar-refractivity contribution in [2.24, 2.45) is 5.73 Å². The topological polar surface area (TPSA) is 46.3 Å². The van der Waals surface area contributed by atoms with Gasteiger partial charge in [0.15, 0.2) is 0 Å². The number of fused-ring (bicyclic) bond motifs is 1. The molecule has 1 fully saturated rings. The molecular formula is C12H16N2OS. The summed E-state index contributed by atoms with van der Waals surface area (Å²) in [5, 5.41) is 2.14. The van der Waals surface area contributed by atoms with Crippen LogP contribution < -0.4 is 5.73 Å². The van der Waals surface area contributed by atoms with Gasteiger partial charge in [0.1, 0.15) is 0 Å². The molecule has 2 aliphatic rings. The number of hydrogen-bond acceptors (Lipinski definition) is 3. The van der Waals surface area contributed by atoms with Gasteiger partial charge in [-0.25, -0.2) is 0 Å². The van der Waals surface area contributed by atoms with Gasteiger partial charge in [0.2, 0.25) is 5.91 Å². The van der Waals surface area contributed by atoms with Gasteiger partial charge in [-0.15, -0.1) is 11.3 Å². The Kier molecular flexibility index (Phi) is 2.48. The van der Waals surface area contributed by atoms with E-state index in [1.165, 1.54) is 23.3 Å². The molecule has 1 aromatic rings. The third kappa shape index (κ3) is 1.48. The minimum atomic E-state index is -0.260. The van der Waals surface area contributed by atoms with Crippen molar-refractivity contribution >= 4 is 17.2 Å². The molecule has 3 nitrogen and oxygen atoms in total. The van der Waals surface area contributed by atoms with Crippen LogP contribution >= 0.6 is 11.3 Å². The second-order valence-corrected chi connectivity index (χ2v) is 5.63. The number of aryl methyl sites for hydroxylation is 1. The number of rotatable bonds is 1. The van der Waals surface area contributed by atoms with Gasteiger partial charge in [-0.3, -0.25) is 4.79 Å². The predicted octanol–water partition coefficient (Wildman–Crippen LogP) is 1.69. The molecule has 2 heterocycles. The minimum absolute atomic E-state index is 0.143. The van der Waals surface area contributed by atoms with Gasteiger partial charge >= 0.3 is 0 Å². The number of likely N-dealkylation sites (tertiary alicyclic amines) is 1. The highest BCUT2D eigenvalue weighted by atomic mass is 32.1. The Balaban J connectivity index is 1.90. The van der Waals surface area contributed by atoms with Crippen molar-refractivity contribution in [3.05, 3.63) is 21.9 Å². The quantitative estimate of drug-likeness (QED) is 0.806. The summed E-state index contributed by atoms with van der Waals surface area (Å²) in [7, 11) is 0. The van der Waals surface area contributed by atoms with Crippen LogP contribution in [-0.2, 0) is 11.2 Å². The molecule has 1 saturated heterocycles. The van der Waals surface area contributed by atoms with Gasteiger partial charge in [-0.1, -0.05) is 0 Å². The van der Waals surface area contributed by atoms with E-state index < -0.39 is 0 Å². The molecule has 0 bridgehead atoms. The number of carbonyl (C=O) groups excluding carboxylic acids is 1. The zero-order valence-corrected chi connectivity index (χ0v) is 10.0. The summed E-state index contributed by atoms with van der Waals surface area (Å²) < 4.78 is 0. The predicted molar refractivity (Wildman–Crippen MR) is 64.3 cm³/mol. The molecule has 3 rings (SSSR count). The van der Waals surface area contributed by atoms with Gasteiger partial charge in [0.05, 0.1) is 12.1 Å². The highest BCUT2D eigenvalue weighted by Gasteiger charge is 2.36. The number of nitrogens with zero attached hydrogens (tertiary/aromatic N) is 1. The van der Waals surface area contributed by atoms with E-state index in [9.17, 15) is 4.79 Å². The van der Waals surface area contributed by atoms with Crippen LogP contribution in [0.3, 0.4) is 0 Å². The molecule has 0 saturated carbocycles. The maximum atomic E-state index is 11.9. The number of amides is 1. The third-order valence-electron chi connectivity index (χ3n) is 3.68. The van der Waals surface area contributed by atoms with E-state index in [1.807, 2.05) is 16.2 Å². The Labute approximate surface area is 99.2 Å². The van der Waals surface area contributed by atoms with Crippen LogP contribution in [0.25, 0.3) is 0 Å². The smallest absolute Gasteiger partial charge is 0.240 e. The van der Waals surface area contributed by atoms with Crippen molar-refractivity contribution in [1.29, 1.82) is 0 Å². The molecule has 2 unspecified atom stereocenters. The van der Waals surface area contributed by atoms with Crippen LogP contribution in [0.1, 0.15) is 35.7 Å². The molecule has 0 spiro atoms. The molecule has 1 aromatic heterocycles. The summed E-state index contributed by atoms with van der Waals surface area (Å²) in [4.78, 5) is 15.4. The van der Waals surface area contributed by atoms with Crippen molar-refractivity contribution < 1.29 is 4.79 Å². The SMILES string of the molecule is NC1CCN(C2CCCc3sccc32)C1=O. The van der Waals surface area contributed by atoms with E-state index in [0.29, 0.717) is 6.04 Å². The van der Waals surface area contributed by atoms with E-state index in [1.54, 1.807) is 0 Å². The fourth-order valence-corrected chi connectivity index (χ4v) is 3.80. The molecule has 1 amide bonds. The van der Waals surface area contributed by atoms with Gasteiger partial charge < -0.3 is 10.6 Å². The van der Waals surface area contributed by atoms with Gasteiger partial charge in [0.25, 0.3) is 0 Å². The fraction of sp³-hybridized carbons (Fsp3) is 0.583. The maximum absolute atomic E-state index is 11.9. The van der Waals surface area contributed by atoms with Crippen LogP contribution in [0.2, 0.25) is 0 Å². The first kappa shape index (κ1) is 10.3. The van der Waals surface area contributed by atoms with E-state index in [2.05, 4.69) is 11.4 Å². The second-order valence-electron chi connectivity index (χ2n) is 4.63. The summed E-state index contributed by atoms with van der Waals surface area (Å²) in [6.45, 7) is 0.833. The Hall–Kier alpha value is -0.870. The Morgan fingerprint density at radius 1 is 1.44 bits per heavy atom. The van der Waals surface area contributed by atoms with E-state index >= 15 is 0 Å². The van der Waals surface area contributed by atoms with Gasteiger partial charge in [0, 0.05) is 11.4 Å². The van der Waals surface area contributed by atoms with Crippen molar-refractivity contribution in [3.63, 3.8) is 0 Å². The molecule has 16 heavy (non-hydrogen) atoms. The highest BCUT2D eigenvalue weighted by Crippen LogP contribution is 2.38. The third-order valence-corrected chi connectivity index (χ3v) is 4.67. The largest absolute Gasteiger partial charge is 0.334 e. The molecule has 1 aliphatic heterocycles. The first-order valence-corrected chi connectivity index (χ1v) is 6.77. The molecule has 2 N–H and O–H groups in total. The summed E-state index contributed by atoms with van der Waals surface area (Å²) in [6, 6.07) is 2.22. The molecule has 4 heteroatoms. The molecule has 2 atom stereocenters. The standard InChI is InChI=1S/C12H16N2OS/c13-9-4-6-14(12(9)15)10-2-1-3-11-8(10)5-7-16-11/h5,7,9-10H,1-4,6,13H2. The lowest BCUT2D eigenvalue weighted by Gasteiger charge is -2.31. The van der Waals surface area contributed by atoms with Gasteiger partial charge in [-0.2, -0.15) is 0 Å². The normalized spacial score (nSPS) is 29.6. The van der Waals surface area contributed by atoms with Crippen LogP contribution in [0.4, 0.5) is 0 Å². The van der Waals surface area contributed by atoms with Crippen molar-refractivity contribution in [2.75, 3.05) is 6.54 Å². The second kappa shape index (κ2) is 3.86. The molecule has 1 aliphatic carbocycles. The summed E-state index contributed by atoms with van der Waals surface area (Å²) in [6.07, 6.45) is 4.28. The average Bonchev–Trinajstić information content (AvgIpc) is 2.87. The lowest BCUT2D eigenvalue weighted by Crippen LogP contribution is -2.37. The van der Waals surface area contributed by atoms with Crippen LogP contribution in [0.15, 0.2) is 11.4 Å². The monoisotopic (exact) mass is 236 g/mol. The Morgan fingerprint density at radius 3 is 3.06 bits per heavy atom. The van der Waals surface area contributed by atoms with Crippen LogP contribution in [0.5, 0.6) is 0 Å². The first-order valence-electron chi connectivity index (χ1n) is 5.89. The number of thiophene rings is 1. The molecular weight excluding hydrogens is 220 g/mol. The van der Waals surface area contributed by atoms with Crippen molar-refractivity contribution in [1.82, 2.24) is 4.90 Å². The molecule has 0 aromatic carbocycles. The van der Waals surface area contributed by atoms with Crippen LogP contribution in [-0.4, -0.2) is 23.4 Å². The van der Waals surface area contributed by atoms with E-state index in [-0.39, 0.29) is 11.9 Å². The van der Waals surface area contributed by atoms with Crippen LogP contribution in [0, 0.1) is 0 Å². The lowest BCUT2D eigenvalue weighted by atomic mass is 9.93. The maximum Gasteiger partial charge on any atom is 0.240 e. The number of nitrogens with two attached hydrogens (primary N) is 1. The van der Waals surface area contributed by atoms with E-state index in [0.717, 1.165) is 19.4 Å². The van der Waals surface area contributed by atoms with E-state index in [4.69, 9.17) is 5.73 Å². The zero-order chi connectivity index (χ0) is 11.1.